The summed E-state index contributed by atoms with van der Waals surface area (Å²) >= 11 is 0. The van der Waals surface area contributed by atoms with Gasteiger partial charge < -0.3 is 4.74 Å². The monoisotopic (exact) mass is 254 g/mol. The molecule has 0 unspecified atom stereocenters. The van der Waals surface area contributed by atoms with Gasteiger partial charge in [-0.2, -0.15) is 8.78 Å². The summed E-state index contributed by atoms with van der Waals surface area (Å²) in [5.41, 5.74) is 0.472. The second kappa shape index (κ2) is 5.94. The number of carbonyl (C=O) groups is 1. The molecule has 0 saturated heterocycles. The average molecular weight is 254 g/mol. The van der Waals surface area contributed by atoms with Gasteiger partial charge in [-0.1, -0.05) is 31.4 Å². The van der Waals surface area contributed by atoms with Crippen molar-refractivity contribution < 1.29 is 18.3 Å². The van der Waals surface area contributed by atoms with Gasteiger partial charge in [-0.25, -0.2) is 0 Å². The molecule has 0 aromatic heterocycles. The van der Waals surface area contributed by atoms with E-state index in [0.29, 0.717) is 5.56 Å². The fraction of sp³-hybridized carbons (Fsp3) is 0.500. The highest BCUT2D eigenvalue weighted by atomic mass is 19.3. The zero-order valence-electron chi connectivity index (χ0n) is 10.1. The van der Waals surface area contributed by atoms with E-state index < -0.39 is 6.61 Å². The minimum atomic E-state index is -2.86. The molecule has 1 aliphatic carbocycles. The maximum Gasteiger partial charge on any atom is 0.387 e. The van der Waals surface area contributed by atoms with Gasteiger partial charge in [-0.05, 0) is 25.0 Å². The molecule has 1 aliphatic rings. The number of hydrogen-bond acceptors (Lipinski definition) is 2. The van der Waals surface area contributed by atoms with Crippen LogP contribution in [0, 0.1) is 5.92 Å². The van der Waals surface area contributed by atoms with Crippen LogP contribution < -0.4 is 4.74 Å². The Balaban J connectivity index is 2.09. The van der Waals surface area contributed by atoms with E-state index in [4.69, 9.17) is 0 Å². The quantitative estimate of drug-likeness (QED) is 0.758. The first kappa shape index (κ1) is 13.0. The van der Waals surface area contributed by atoms with E-state index in [0.717, 1.165) is 25.7 Å². The summed E-state index contributed by atoms with van der Waals surface area (Å²) in [4.78, 5) is 12.2. The van der Waals surface area contributed by atoms with Crippen LogP contribution in [0.15, 0.2) is 24.3 Å². The van der Waals surface area contributed by atoms with Crippen LogP contribution in [-0.2, 0) is 0 Å². The molecule has 1 aromatic carbocycles. The predicted octanol–water partition coefficient (Wildman–Crippen LogP) is 4.05. The number of halogens is 2. The first-order valence-corrected chi connectivity index (χ1v) is 6.26. The molecule has 1 saturated carbocycles. The normalized spacial score (nSPS) is 16.8. The summed E-state index contributed by atoms with van der Waals surface area (Å²) in [5, 5.41) is 0. The molecule has 2 nitrogen and oxygen atoms in total. The molecule has 0 heterocycles. The Morgan fingerprint density at radius 3 is 2.61 bits per heavy atom. The molecule has 98 valence electrons. The van der Waals surface area contributed by atoms with Crippen molar-refractivity contribution in [1.29, 1.82) is 0 Å². The number of rotatable bonds is 4. The van der Waals surface area contributed by atoms with Gasteiger partial charge in [0.2, 0.25) is 0 Å². The summed E-state index contributed by atoms with van der Waals surface area (Å²) in [6.45, 7) is -2.86. The number of benzene rings is 1. The Bertz CT molecular complexity index is 412. The predicted molar refractivity (Wildman–Crippen MR) is 64.0 cm³/mol. The fourth-order valence-corrected chi connectivity index (χ4v) is 2.43. The number of ketones is 1. The smallest absolute Gasteiger partial charge is 0.387 e. The van der Waals surface area contributed by atoms with Crippen LogP contribution in [0.1, 0.15) is 42.5 Å². The molecule has 0 bridgehead atoms. The Kier molecular flexibility index (Phi) is 4.28. The Hall–Kier alpha value is -1.45. The number of ether oxygens (including phenoxy) is 1. The van der Waals surface area contributed by atoms with E-state index >= 15 is 0 Å². The van der Waals surface area contributed by atoms with Gasteiger partial charge in [-0.15, -0.1) is 0 Å². The van der Waals surface area contributed by atoms with Crippen molar-refractivity contribution in [2.45, 2.75) is 38.7 Å². The van der Waals surface area contributed by atoms with Crippen LogP contribution in [0.5, 0.6) is 5.75 Å². The maximum absolute atomic E-state index is 12.2. The Morgan fingerprint density at radius 1 is 1.22 bits per heavy atom. The van der Waals surface area contributed by atoms with E-state index in [-0.39, 0.29) is 17.5 Å². The van der Waals surface area contributed by atoms with Gasteiger partial charge >= 0.3 is 6.61 Å². The van der Waals surface area contributed by atoms with Crippen LogP contribution in [-0.4, -0.2) is 12.4 Å². The highest BCUT2D eigenvalue weighted by Crippen LogP contribution is 2.28. The van der Waals surface area contributed by atoms with Crippen LogP contribution in [0.25, 0.3) is 0 Å². The lowest BCUT2D eigenvalue weighted by Crippen LogP contribution is -2.18. The largest absolute Gasteiger partial charge is 0.435 e. The highest BCUT2D eigenvalue weighted by molar-refractivity contribution is 5.98. The van der Waals surface area contributed by atoms with E-state index in [1.807, 2.05) is 0 Å². The minimum Gasteiger partial charge on any atom is -0.435 e. The topological polar surface area (TPSA) is 26.3 Å². The van der Waals surface area contributed by atoms with Crippen LogP contribution in [0.4, 0.5) is 8.78 Å². The maximum atomic E-state index is 12.2. The molecule has 0 amide bonds. The number of alkyl halides is 2. The lowest BCUT2D eigenvalue weighted by Gasteiger charge is -2.20. The third kappa shape index (κ3) is 3.28. The summed E-state index contributed by atoms with van der Waals surface area (Å²) in [7, 11) is 0. The van der Waals surface area contributed by atoms with Crippen molar-refractivity contribution in [3.05, 3.63) is 29.8 Å². The summed E-state index contributed by atoms with van der Waals surface area (Å²) in [6.07, 6.45) is 5.13. The second-order valence-corrected chi connectivity index (χ2v) is 4.61. The number of hydrogen-bond donors (Lipinski definition) is 0. The molecule has 0 radical (unpaired) electrons. The number of carbonyl (C=O) groups excluding carboxylic acids is 1. The summed E-state index contributed by atoms with van der Waals surface area (Å²) < 4.78 is 28.5. The van der Waals surface area contributed by atoms with Gasteiger partial charge in [0, 0.05) is 11.5 Å². The second-order valence-electron chi connectivity index (χ2n) is 4.61. The van der Waals surface area contributed by atoms with Crippen molar-refractivity contribution >= 4 is 5.78 Å². The third-order valence-corrected chi connectivity index (χ3v) is 3.32. The molecule has 0 spiro atoms. The van der Waals surface area contributed by atoms with Crippen LogP contribution >= 0.6 is 0 Å². The minimum absolute atomic E-state index is 0.0422. The zero-order chi connectivity index (χ0) is 13.0. The standard InChI is InChI=1S/C14H16F2O2/c15-14(16)18-12-8-4-7-11(9-12)13(17)10-5-2-1-3-6-10/h4,7-10,14H,1-3,5-6H2. The first-order chi connectivity index (χ1) is 8.66. The van der Waals surface area contributed by atoms with Crippen LogP contribution in [0.3, 0.4) is 0 Å². The molecular formula is C14H16F2O2. The van der Waals surface area contributed by atoms with Gasteiger partial charge in [0.25, 0.3) is 0 Å². The summed E-state index contributed by atoms with van der Waals surface area (Å²) in [5.74, 6) is 0.140. The molecule has 0 aliphatic heterocycles. The van der Waals surface area contributed by atoms with E-state index in [1.165, 1.54) is 18.6 Å². The lowest BCUT2D eigenvalue weighted by molar-refractivity contribution is -0.0498. The lowest BCUT2D eigenvalue weighted by atomic mass is 9.84. The van der Waals surface area contributed by atoms with Gasteiger partial charge in [0.1, 0.15) is 5.75 Å². The molecule has 2 rings (SSSR count). The molecular weight excluding hydrogens is 238 g/mol. The summed E-state index contributed by atoms with van der Waals surface area (Å²) in [6, 6.07) is 6.08. The van der Waals surface area contributed by atoms with Crippen molar-refractivity contribution in [2.75, 3.05) is 0 Å². The molecule has 1 fully saturated rings. The van der Waals surface area contributed by atoms with E-state index in [9.17, 15) is 13.6 Å². The van der Waals surface area contributed by atoms with Gasteiger partial charge in [-0.3, -0.25) is 4.79 Å². The van der Waals surface area contributed by atoms with Crippen molar-refractivity contribution in [1.82, 2.24) is 0 Å². The van der Waals surface area contributed by atoms with Crippen LogP contribution in [0.2, 0.25) is 0 Å². The fourth-order valence-electron chi connectivity index (χ4n) is 2.43. The molecule has 18 heavy (non-hydrogen) atoms. The molecule has 0 N–H and O–H groups in total. The number of Topliss-reactive ketones (excluding diaryl/α,β-unsaturated/α-hetero) is 1. The molecule has 1 aromatic rings. The Morgan fingerprint density at radius 2 is 1.94 bits per heavy atom. The molecule has 4 heteroatoms. The SMILES string of the molecule is O=C(c1cccc(OC(F)F)c1)C1CCCCC1. The van der Waals surface area contributed by atoms with E-state index in [1.54, 1.807) is 12.1 Å². The van der Waals surface area contributed by atoms with Gasteiger partial charge in [0.15, 0.2) is 5.78 Å². The third-order valence-electron chi connectivity index (χ3n) is 3.32. The molecule has 0 atom stereocenters. The van der Waals surface area contributed by atoms with Crippen molar-refractivity contribution in [3.8, 4) is 5.75 Å². The van der Waals surface area contributed by atoms with Gasteiger partial charge in [0.05, 0.1) is 0 Å². The average Bonchev–Trinajstić information content (AvgIpc) is 2.38. The zero-order valence-corrected chi connectivity index (χ0v) is 10.1. The first-order valence-electron chi connectivity index (χ1n) is 6.26. The Labute approximate surface area is 105 Å². The van der Waals surface area contributed by atoms with Crippen molar-refractivity contribution in [3.63, 3.8) is 0 Å². The van der Waals surface area contributed by atoms with E-state index in [2.05, 4.69) is 4.74 Å². The highest BCUT2D eigenvalue weighted by Gasteiger charge is 2.22. The van der Waals surface area contributed by atoms with Crippen molar-refractivity contribution in [2.24, 2.45) is 5.92 Å².